The Balaban J connectivity index is 0.000000208. The van der Waals surface area contributed by atoms with Crippen LogP contribution in [0.25, 0.3) is 5.69 Å². The third-order valence-electron chi connectivity index (χ3n) is 10.4. The van der Waals surface area contributed by atoms with Crippen LogP contribution in [-0.4, -0.2) is 85.7 Å². The number of carboxylic acids is 2. The second-order valence-electron chi connectivity index (χ2n) is 15.7. The van der Waals surface area contributed by atoms with Crippen molar-refractivity contribution in [3.8, 4) is 5.69 Å². The van der Waals surface area contributed by atoms with Crippen molar-refractivity contribution in [2.24, 2.45) is 21.8 Å². The van der Waals surface area contributed by atoms with Crippen LogP contribution in [0, 0.1) is 32.6 Å². The Kier molecular flexibility index (Phi) is 14.8. The fourth-order valence-corrected chi connectivity index (χ4v) is 7.18. The Bertz CT molecular complexity index is 2750. The van der Waals surface area contributed by atoms with E-state index in [1.165, 1.54) is 19.1 Å². The van der Waals surface area contributed by atoms with Gasteiger partial charge in [-0.05, 0) is 76.8 Å². The van der Waals surface area contributed by atoms with E-state index in [1.807, 2.05) is 47.6 Å². The molecule has 0 saturated heterocycles. The predicted octanol–water partition coefficient (Wildman–Crippen LogP) is 6.38. The van der Waals surface area contributed by atoms with Crippen molar-refractivity contribution in [2.75, 3.05) is 11.0 Å². The zero-order valence-electron chi connectivity index (χ0n) is 35.8. The molecule has 3 aromatic carbocycles. The highest BCUT2D eigenvalue weighted by atomic mass is 35.5. The number of aryl methyl sites for hydroxylation is 3. The first kappa shape index (κ1) is 49.7. The summed E-state index contributed by atoms with van der Waals surface area (Å²) in [5.41, 5.74) is -0.0183. The molecule has 1 aromatic heterocycles. The molecule has 2 unspecified atom stereocenters. The van der Waals surface area contributed by atoms with Crippen LogP contribution in [0.3, 0.4) is 0 Å². The molecule has 17 nitrogen and oxygen atoms in total. The SMILES string of the molecule is Cc1ccc(C(=O)O)c(C2=NC(C)(C(C)C)C(=O)N2)c1.Cc1ccc(C2=NC(C)(C(C)C)C(=O)N2)c(C(=O)O)c1.Cc1nn(-c2cc(NS(C)(=O)=O)c(Cl)cc2Cl)c(=O)n1C(F)F. The van der Waals surface area contributed by atoms with Crippen LogP contribution in [0.5, 0.6) is 0 Å². The Morgan fingerprint density at radius 2 is 1.25 bits per heavy atom. The molecule has 2 amide bonds. The van der Waals surface area contributed by atoms with Gasteiger partial charge in [-0.1, -0.05) is 80.2 Å². The summed E-state index contributed by atoms with van der Waals surface area (Å²) >= 11 is 11.8. The summed E-state index contributed by atoms with van der Waals surface area (Å²) in [7, 11) is -3.65. The molecule has 0 bridgehead atoms. The third kappa shape index (κ3) is 10.8. The van der Waals surface area contributed by atoms with Crippen LogP contribution in [0.15, 0.2) is 63.3 Å². The maximum Gasteiger partial charge on any atom is 0.355 e. The minimum Gasteiger partial charge on any atom is -0.478 e. The van der Waals surface area contributed by atoms with Gasteiger partial charge in [-0.3, -0.25) is 24.3 Å². The highest BCUT2D eigenvalue weighted by Gasteiger charge is 2.43. The molecule has 6 rings (SSSR count). The van der Waals surface area contributed by atoms with Gasteiger partial charge in [0, 0.05) is 11.1 Å². The zero-order valence-corrected chi connectivity index (χ0v) is 38.1. The molecule has 0 fully saturated rings. The van der Waals surface area contributed by atoms with E-state index in [0.717, 1.165) is 23.4 Å². The number of alkyl halides is 2. The zero-order chi connectivity index (χ0) is 47.7. The van der Waals surface area contributed by atoms with E-state index in [1.54, 1.807) is 38.1 Å². The molecule has 4 aromatic rings. The lowest BCUT2D eigenvalue weighted by Crippen LogP contribution is -2.41. The van der Waals surface area contributed by atoms with Crippen molar-refractivity contribution in [3.05, 3.63) is 108 Å². The molecule has 3 heterocycles. The number of amidine groups is 2. The monoisotopic (exact) mass is 934 g/mol. The van der Waals surface area contributed by atoms with Crippen molar-refractivity contribution in [3.63, 3.8) is 0 Å². The maximum absolute atomic E-state index is 12.8. The van der Waals surface area contributed by atoms with Crippen LogP contribution in [0.1, 0.15) is 96.9 Å². The Hall–Kier alpha value is -5.99. The number of carbonyl (C=O) groups excluding carboxylic acids is 2. The van der Waals surface area contributed by atoms with Crippen LogP contribution in [-0.2, 0) is 19.6 Å². The fraction of sp³-hybridized carbons (Fsp3) is 0.366. The molecule has 2 atom stereocenters. The second-order valence-corrected chi connectivity index (χ2v) is 18.3. The number of aromatic nitrogens is 3. The van der Waals surface area contributed by atoms with E-state index in [0.29, 0.717) is 27.5 Å². The van der Waals surface area contributed by atoms with E-state index in [9.17, 15) is 51.4 Å². The largest absolute Gasteiger partial charge is 0.478 e. The number of carboxylic acid groups (broad SMARTS) is 2. The highest BCUT2D eigenvalue weighted by Crippen LogP contribution is 2.32. The lowest BCUT2D eigenvalue weighted by molar-refractivity contribution is -0.125. The molecule has 0 saturated carbocycles. The summed E-state index contributed by atoms with van der Waals surface area (Å²) in [4.78, 5) is 67.8. The van der Waals surface area contributed by atoms with E-state index in [2.05, 4.69) is 30.4 Å². The minimum absolute atomic E-state index is 0.0257. The molecular formula is C41H46Cl2F2N8O9S. The number of sulfonamides is 1. The summed E-state index contributed by atoms with van der Waals surface area (Å²) < 4.78 is 51.3. The number of nitrogens with zero attached hydrogens (tertiary/aromatic N) is 5. The Morgan fingerprint density at radius 3 is 1.70 bits per heavy atom. The molecule has 2 aliphatic rings. The molecule has 0 aliphatic carbocycles. The van der Waals surface area contributed by atoms with Gasteiger partial charge in [0.25, 0.3) is 11.8 Å². The van der Waals surface area contributed by atoms with E-state index in [-0.39, 0.29) is 66.6 Å². The molecule has 63 heavy (non-hydrogen) atoms. The summed E-state index contributed by atoms with van der Waals surface area (Å²) in [6, 6.07) is 12.4. The highest BCUT2D eigenvalue weighted by molar-refractivity contribution is 7.92. The first-order chi connectivity index (χ1) is 29.0. The van der Waals surface area contributed by atoms with E-state index in [4.69, 9.17) is 23.2 Å². The first-order valence-corrected chi connectivity index (χ1v) is 21.6. The summed E-state index contributed by atoms with van der Waals surface area (Å²) in [6.45, 7) is 13.0. The average molecular weight is 936 g/mol. The number of hydrogen-bond donors (Lipinski definition) is 5. The van der Waals surface area contributed by atoms with E-state index >= 15 is 0 Å². The summed E-state index contributed by atoms with van der Waals surface area (Å²) in [5, 5.41) is 27.6. The topological polar surface area (TPSA) is 244 Å². The third-order valence-corrected chi connectivity index (χ3v) is 11.6. The van der Waals surface area contributed by atoms with Crippen molar-refractivity contribution >= 4 is 74.3 Å². The second kappa shape index (κ2) is 18.8. The first-order valence-electron chi connectivity index (χ1n) is 19.0. The maximum atomic E-state index is 12.8. The van der Waals surface area contributed by atoms with Gasteiger partial charge in [-0.25, -0.2) is 27.4 Å². The van der Waals surface area contributed by atoms with Gasteiger partial charge in [0.1, 0.15) is 28.6 Å². The van der Waals surface area contributed by atoms with Gasteiger partial charge < -0.3 is 20.8 Å². The normalized spacial score (nSPS) is 18.2. The lowest BCUT2D eigenvalue weighted by Gasteiger charge is -2.21. The van der Waals surface area contributed by atoms with Crippen molar-refractivity contribution < 1.29 is 46.6 Å². The van der Waals surface area contributed by atoms with Gasteiger partial charge in [0.05, 0.1) is 38.8 Å². The molecular weight excluding hydrogens is 889 g/mol. The van der Waals surface area contributed by atoms with E-state index < -0.39 is 45.3 Å². The quantitative estimate of drug-likeness (QED) is 0.117. The number of nitrogens with one attached hydrogen (secondary N) is 3. The number of aromatic carboxylic acids is 2. The summed E-state index contributed by atoms with van der Waals surface area (Å²) in [6.07, 6.45) is 0.902. The Morgan fingerprint density at radius 1 is 0.762 bits per heavy atom. The standard InChI is InChI=1S/2C15H18N2O3.C11H10Cl2F2N4O3S/c1-8(2)15(4)14(20)16-12(17-15)11-7-9(3)5-6-10(11)13(18)19;1-8(2)15(4)14(20)16-12(17-15)10-6-5-9(3)7-11(10)13(18)19;1-5-16-19(11(20)18(5)10(14)15)9-4-8(17-23(2,21)22)6(12)3-7(9)13/h2*5-8H,1-4H3,(H,18,19)(H,16,17,20);3-4,10,17H,1-2H3. The predicted molar refractivity (Wildman–Crippen MR) is 234 cm³/mol. The number of aliphatic imine (C=N–C) groups is 2. The van der Waals surface area contributed by atoms with Crippen LogP contribution in [0.2, 0.25) is 10.0 Å². The molecule has 5 N–H and O–H groups in total. The number of anilines is 1. The molecule has 0 spiro atoms. The molecule has 2 aliphatic heterocycles. The number of rotatable bonds is 10. The number of benzene rings is 3. The number of amides is 2. The number of hydrogen-bond acceptors (Lipinski definition) is 10. The fourth-order valence-electron chi connectivity index (χ4n) is 6.05. The van der Waals surface area contributed by atoms with Gasteiger partial charge >= 0.3 is 24.2 Å². The minimum atomic E-state index is -3.65. The molecule has 22 heteroatoms. The van der Waals surface area contributed by atoms with Crippen molar-refractivity contribution in [2.45, 2.75) is 79.9 Å². The lowest BCUT2D eigenvalue weighted by atomic mass is 9.89. The van der Waals surface area contributed by atoms with Crippen molar-refractivity contribution in [1.82, 2.24) is 25.0 Å². The van der Waals surface area contributed by atoms with Crippen LogP contribution >= 0.6 is 23.2 Å². The Labute approximate surface area is 371 Å². The molecule has 0 radical (unpaired) electrons. The number of carbonyl (C=O) groups is 4. The van der Waals surface area contributed by atoms with Crippen LogP contribution < -0.4 is 21.0 Å². The average Bonchev–Trinajstić information content (AvgIpc) is 3.77. The smallest absolute Gasteiger partial charge is 0.355 e. The summed E-state index contributed by atoms with van der Waals surface area (Å²) in [5.74, 6) is -1.95. The van der Waals surface area contributed by atoms with Gasteiger partial charge in [-0.15, -0.1) is 5.10 Å². The van der Waals surface area contributed by atoms with Gasteiger partial charge in [0.15, 0.2) is 0 Å². The van der Waals surface area contributed by atoms with Gasteiger partial charge in [0.2, 0.25) is 10.0 Å². The molecule has 338 valence electrons. The van der Waals surface area contributed by atoms with Crippen molar-refractivity contribution in [1.29, 1.82) is 0 Å². The van der Waals surface area contributed by atoms with Crippen LogP contribution in [0.4, 0.5) is 14.5 Å². The van der Waals surface area contributed by atoms with Gasteiger partial charge in [-0.2, -0.15) is 13.5 Å². The number of halogens is 4.